The van der Waals surface area contributed by atoms with Crippen LogP contribution in [0, 0.1) is 11.7 Å². The maximum Gasteiger partial charge on any atom is 0.235 e. The second-order valence-electron chi connectivity index (χ2n) is 5.49. The van der Waals surface area contributed by atoms with Gasteiger partial charge >= 0.3 is 0 Å². The number of carbonyl (C=O) groups excluding carboxylic acids is 1. The third-order valence-electron chi connectivity index (χ3n) is 3.82. The molecular weight excluding hydrogens is 325 g/mol. The molecule has 0 bridgehead atoms. The lowest BCUT2D eigenvalue weighted by atomic mass is 9.88. The lowest BCUT2D eigenvalue weighted by Crippen LogP contribution is -2.51. The van der Waals surface area contributed by atoms with Gasteiger partial charge in [0.15, 0.2) is 5.11 Å². The van der Waals surface area contributed by atoms with Gasteiger partial charge in [-0.25, -0.2) is 4.39 Å². The molecule has 1 saturated heterocycles. The third kappa shape index (κ3) is 3.44. The first kappa shape index (κ1) is 16.1. The molecule has 0 spiro atoms. The highest BCUT2D eigenvalue weighted by Gasteiger charge is 2.36. The topological polar surface area (TPSA) is 53.2 Å². The first-order chi connectivity index (χ1) is 11.5. The molecule has 24 heavy (non-hydrogen) atoms. The van der Waals surface area contributed by atoms with E-state index >= 15 is 0 Å². The Morgan fingerprint density at radius 3 is 2.46 bits per heavy atom. The Morgan fingerprint density at radius 1 is 1.12 bits per heavy atom. The Bertz CT molecular complexity index is 777. The van der Waals surface area contributed by atoms with Gasteiger partial charge in [-0.1, -0.05) is 36.9 Å². The number of halogens is 1. The lowest BCUT2D eigenvalue weighted by Gasteiger charge is -2.35. The summed E-state index contributed by atoms with van der Waals surface area (Å²) in [6, 6.07) is 14.7. The molecule has 3 N–H and O–H groups in total. The van der Waals surface area contributed by atoms with Gasteiger partial charge in [0.05, 0.1) is 6.04 Å². The highest BCUT2D eigenvalue weighted by molar-refractivity contribution is 7.80. The number of carbonyl (C=O) groups is 1. The van der Waals surface area contributed by atoms with E-state index in [1.54, 1.807) is 12.1 Å². The maximum atomic E-state index is 13.2. The molecule has 0 radical (unpaired) electrons. The van der Waals surface area contributed by atoms with Crippen molar-refractivity contribution < 1.29 is 9.18 Å². The Kier molecular flexibility index (Phi) is 4.57. The molecule has 2 atom stereocenters. The smallest absolute Gasteiger partial charge is 0.235 e. The number of anilines is 1. The minimum absolute atomic E-state index is 0.219. The number of hydrogen-bond acceptors (Lipinski definition) is 2. The van der Waals surface area contributed by atoms with Gasteiger partial charge in [-0.15, -0.1) is 0 Å². The van der Waals surface area contributed by atoms with Crippen molar-refractivity contribution in [1.82, 2.24) is 10.6 Å². The molecule has 2 aromatic rings. The van der Waals surface area contributed by atoms with Crippen molar-refractivity contribution in [3.63, 3.8) is 0 Å². The zero-order valence-electron chi connectivity index (χ0n) is 12.8. The lowest BCUT2D eigenvalue weighted by molar-refractivity contribution is -0.119. The SMILES string of the molecule is C=C1NC(=S)NC(c2ccc(F)cc2)C1C(=O)Nc1ccccc1. The highest BCUT2D eigenvalue weighted by atomic mass is 32.1. The van der Waals surface area contributed by atoms with Gasteiger partial charge in [0.1, 0.15) is 11.7 Å². The molecule has 0 aromatic heterocycles. The summed E-state index contributed by atoms with van der Waals surface area (Å²) in [7, 11) is 0. The Morgan fingerprint density at radius 2 is 1.79 bits per heavy atom. The van der Waals surface area contributed by atoms with E-state index < -0.39 is 12.0 Å². The van der Waals surface area contributed by atoms with E-state index in [4.69, 9.17) is 12.2 Å². The average molecular weight is 341 g/mol. The molecule has 4 nitrogen and oxygen atoms in total. The molecule has 1 aliphatic rings. The largest absolute Gasteiger partial charge is 0.354 e. The molecule has 1 fully saturated rings. The molecule has 0 saturated carbocycles. The Labute approximate surface area is 144 Å². The van der Waals surface area contributed by atoms with Crippen LogP contribution in [0.15, 0.2) is 66.9 Å². The predicted octanol–water partition coefficient (Wildman–Crippen LogP) is 3.11. The molecule has 1 heterocycles. The molecular formula is C18H16FN3OS. The maximum absolute atomic E-state index is 13.2. The second kappa shape index (κ2) is 6.80. The first-order valence-electron chi connectivity index (χ1n) is 7.42. The van der Waals surface area contributed by atoms with Crippen LogP contribution in [0.3, 0.4) is 0 Å². The van der Waals surface area contributed by atoms with E-state index in [9.17, 15) is 9.18 Å². The van der Waals surface area contributed by atoms with Crippen molar-refractivity contribution in [3.05, 3.63) is 78.3 Å². The van der Waals surface area contributed by atoms with E-state index in [1.165, 1.54) is 12.1 Å². The van der Waals surface area contributed by atoms with Gasteiger partial charge < -0.3 is 16.0 Å². The van der Waals surface area contributed by atoms with Crippen molar-refractivity contribution in [2.45, 2.75) is 6.04 Å². The van der Waals surface area contributed by atoms with Crippen LogP contribution in [0.25, 0.3) is 0 Å². The Hall–Kier alpha value is -2.73. The zero-order valence-corrected chi connectivity index (χ0v) is 13.6. The van der Waals surface area contributed by atoms with E-state index in [-0.39, 0.29) is 11.7 Å². The van der Waals surface area contributed by atoms with Crippen molar-refractivity contribution in [2.75, 3.05) is 5.32 Å². The van der Waals surface area contributed by atoms with Crippen molar-refractivity contribution in [1.29, 1.82) is 0 Å². The van der Waals surface area contributed by atoms with Crippen LogP contribution >= 0.6 is 12.2 Å². The molecule has 122 valence electrons. The number of hydrogen-bond donors (Lipinski definition) is 3. The molecule has 1 aliphatic heterocycles. The van der Waals surface area contributed by atoms with Crippen LogP contribution in [-0.4, -0.2) is 11.0 Å². The zero-order chi connectivity index (χ0) is 17.1. The number of para-hydroxylation sites is 1. The highest BCUT2D eigenvalue weighted by Crippen LogP contribution is 2.30. The van der Waals surface area contributed by atoms with E-state index in [0.717, 1.165) is 5.56 Å². The normalized spacial score (nSPS) is 20.0. The summed E-state index contributed by atoms with van der Waals surface area (Å²) in [6.07, 6.45) is 0. The second-order valence-corrected chi connectivity index (χ2v) is 5.89. The number of nitrogens with one attached hydrogen (secondary N) is 3. The van der Waals surface area contributed by atoms with Gasteiger partial charge in [0.2, 0.25) is 5.91 Å². The van der Waals surface area contributed by atoms with Gasteiger partial charge in [0, 0.05) is 11.4 Å². The predicted molar refractivity (Wildman–Crippen MR) is 95.7 cm³/mol. The van der Waals surface area contributed by atoms with Gasteiger partial charge in [-0.2, -0.15) is 0 Å². The van der Waals surface area contributed by atoms with E-state index in [1.807, 2.05) is 30.3 Å². The fourth-order valence-corrected chi connectivity index (χ4v) is 2.94. The summed E-state index contributed by atoms with van der Waals surface area (Å²) >= 11 is 5.17. The first-order valence-corrected chi connectivity index (χ1v) is 7.83. The average Bonchev–Trinajstić information content (AvgIpc) is 2.55. The molecule has 2 unspecified atom stereocenters. The standard InChI is InChI=1S/C18H16FN3OS/c1-11-15(17(23)21-14-5-3-2-4-6-14)16(22-18(24)20-11)12-7-9-13(19)10-8-12/h2-10,15-16H,1H2,(H,21,23)(H2,20,22,24). The van der Waals surface area contributed by atoms with Gasteiger partial charge in [0.25, 0.3) is 0 Å². The monoisotopic (exact) mass is 341 g/mol. The minimum atomic E-state index is -0.595. The third-order valence-corrected chi connectivity index (χ3v) is 4.04. The minimum Gasteiger partial charge on any atom is -0.354 e. The van der Waals surface area contributed by atoms with E-state index in [2.05, 4.69) is 22.5 Å². The van der Waals surface area contributed by atoms with Crippen molar-refractivity contribution in [2.24, 2.45) is 5.92 Å². The summed E-state index contributed by atoms with van der Waals surface area (Å²) in [4.78, 5) is 12.8. The Balaban J connectivity index is 1.89. The van der Waals surface area contributed by atoms with Crippen molar-refractivity contribution >= 4 is 28.9 Å². The van der Waals surface area contributed by atoms with Crippen LogP contribution in [-0.2, 0) is 4.79 Å². The van der Waals surface area contributed by atoms with Gasteiger partial charge in [-0.05, 0) is 42.0 Å². The van der Waals surface area contributed by atoms with Crippen LogP contribution in [0.2, 0.25) is 0 Å². The van der Waals surface area contributed by atoms with E-state index in [0.29, 0.717) is 16.5 Å². The van der Waals surface area contributed by atoms with Crippen LogP contribution in [0.1, 0.15) is 11.6 Å². The molecule has 0 aliphatic carbocycles. The summed E-state index contributed by atoms with van der Waals surface area (Å²) in [5, 5.41) is 9.23. The fraction of sp³-hybridized carbons (Fsp3) is 0.111. The van der Waals surface area contributed by atoms with Crippen molar-refractivity contribution in [3.8, 4) is 0 Å². The summed E-state index contributed by atoms with van der Waals surface area (Å²) < 4.78 is 13.2. The number of thiocarbonyl (C=S) groups is 1. The number of amides is 1. The molecule has 3 rings (SSSR count). The molecule has 2 aromatic carbocycles. The summed E-state index contributed by atoms with van der Waals surface area (Å²) in [5.41, 5.74) is 1.96. The van der Waals surface area contributed by atoms with Crippen LogP contribution < -0.4 is 16.0 Å². The van der Waals surface area contributed by atoms with Crippen LogP contribution in [0.4, 0.5) is 10.1 Å². The quantitative estimate of drug-likeness (QED) is 0.751. The van der Waals surface area contributed by atoms with Gasteiger partial charge in [-0.3, -0.25) is 4.79 Å². The van der Waals surface area contributed by atoms with Crippen LogP contribution in [0.5, 0.6) is 0 Å². The summed E-state index contributed by atoms with van der Waals surface area (Å²) in [5.74, 6) is -1.15. The number of rotatable bonds is 3. The number of benzene rings is 2. The molecule has 6 heteroatoms. The summed E-state index contributed by atoms with van der Waals surface area (Å²) in [6.45, 7) is 3.93. The molecule has 1 amide bonds. The fourth-order valence-electron chi connectivity index (χ4n) is 2.68.